The molecular formula is C20H16BrClO5. The molecule has 3 rings (SSSR count). The summed E-state index contributed by atoms with van der Waals surface area (Å²) in [6.07, 6.45) is 1.62. The zero-order valence-corrected chi connectivity index (χ0v) is 17.2. The van der Waals surface area contributed by atoms with Crippen molar-refractivity contribution >= 4 is 45.4 Å². The van der Waals surface area contributed by atoms with Gasteiger partial charge in [0.2, 0.25) is 5.78 Å². The van der Waals surface area contributed by atoms with Crippen LogP contribution in [0, 0.1) is 6.92 Å². The van der Waals surface area contributed by atoms with Crippen molar-refractivity contribution in [1.82, 2.24) is 0 Å². The normalized spacial score (nSPS) is 15.3. The summed E-state index contributed by atoms with van der Waals surface area (Å²) in [7, 11) is 1.56. The molecule has 0 saturated carbocycles. The highest BCUT2D eigenvalue weighted by Crippen LogP contribution is 2.38. The minimum Gasteiger partial charge on any atom is -0.496 e. The van der Waals surface area contributed by atoms with Gasteiger partial charge in [-0.25, -0.2) is 0 Å². The zero-order chi connectivity index (χ0) is 19.7. The molecule has 1 aliphatic heterocycles. The molecule has 1 aliphatic rings. The van der Waals surface area contributed by atoms with E-state index in [1.807, 2.05) is 12.1 Å². The van der Waals surface area contributed by atoms with Gasteiger partial charge in [0.1, 0.15) is 22.6 Å². The van der Waals surface area contributed by atoms with Crippen molar-refractivity contribution in [1.29, 1.82) is 0 Å². The third-order valence-electron chi connectivity index (χ3n) is 3.97. The summed E-state index contributed by atoms with van der Waals surface area (Å²) < 4.78 is 17.1. The maximum Gasteiger partial charge on any atom is 0.329 e. The number of alkyl halides is 1. The number of carbonyl (C=O) groups excluding carboxylic acids is 2. The number of rotatable bonds is 4. The van der Waals surface area contributed by atoms with E-state index in [1.54, 1.807) is 32.2 Å². The molecule has 0 aliphatic carbocycles. The van der Waals surface area contributed by atoms with E-state index >= 15 is 0 Å². The van der Waals surface area contributed by atoms with E-state index in [0.29, 0.717) is 28.2 Å². The summed E-state index contributed by atoms with van der Waals surface area (Å²) in [6, 6.07) is 8.58. The number of esters is 1. The van der Waals surface area contributed by atoms with Gasteiger partial charge in [-0.3, -0.25) is 9.59 Å². The maximum absolute atomic E-state index is 12.8. The van der Waals surface area contributed by atoms with E-state index in [1.165, 1.54) is 13.0 Å². The highest BCUT2D eigenvalue weighted by atomic mass is 79.9. The van der Waals surface area contributed by atoms with Crippen molar-refractivity contribution in [2.24, 2.45) is 0 Å². The Bertz CT molecular complexity index is 965. The molecule has 7 heteroatoms. The molecule has 1 heterocycles. The van der Waals surface area contributed by atoms with E-state index in [4.69, 9.17) is 25.8 Å². The average Bonchev–Trinajstić information content (AvgIpc) is 2.91. The molecule has 2 aromatic carbocycles. The standard InChI is InChI=1S/C20H16BrClO5/c1-10-6-14(26-20(24)11(2)22)9-16-18(10)19(23)17(27-16)8-12-7-13(21)4-5-15(12)25-3/h4-9,11H,1-3H3/b17-8-. The van der Waals surface area contributed by atoms with Crippen LogP contribution in [0.5, 0.6) is 17.2 Å². The lowest BCUT2D eigenvalue weighted by molar-refractivity contribution is -0.133. The van der Waals surface area contributed by atoms with Crippen LogP contribution in [-0.2, 0) is 4.79 Å². The van der Waals surface area contributed by atoms with Crippen molar-refractivity contribution in [3.8, 4) is 17.2 Å². The number of methoxy groups -OCH3 is 1. The lowest BCUT2D eigenvalue weighted by Crippen LogP contribution is -2.17. The first-order valence-electron chi connectivity index (χ1n) is 8.08. The molecule has 0 radical (unpaired) electrons. The molecule has 0 bridgehead atoms. The van der Waals surface area contributed by atoms with E-state index in [-0.39, 0.29) is 17.3 Å². The first kappa shape index (κ1) is 19.5. The first-order valence-corrected chi connectivity index (χ1v) is 9.31. The summed E-state index contributed by atoms with van der Waals surface area (Å²) in [4.78, 5) is 24.5. The van der Waals surface area contributed by atoms with Crippen LogP contribution in [0.15, 0.2) is 40.6 Å². The van der Waals surface area contributed by atoms with Crippen molar-refractivity contribution in [2.45, 2.75) is 19.2 Å². The van der Waals surface area contributed by atoms with Crippen LogP contribution in [0.25, 0.3) is 6.08 Å². The van der Waals surface area contributed by atoms with Crippen LogP contribution in [0.3, 0.4) is 0 Å². The number of hydrogen-bond donors (Lipinski definition) is 0. The van der Waals surface area contributed by atoms with Gasteiger partial charge in [0.05, 0.1) is 12.7 Å². The zero-order valence-electron chi connectivity index (χ0n) is 14.8. The lowest BCUT2D eigenvalue weighted by Gasteiger charge is -2.08. The van der Waals surface area contributed by atoms with Gasteiger partial charge < -0.3 is 14.2 Å². The molecule has 0 saturated heterocycles. The molecule has 5 nitrogen and oxygen atoms in total. The van der Waals surface area contributed by atoms with Crippen molar-refractivity contribution in [3.63, 3.8) is 0 Å². The van der Waals surface area contributed by atoms with Crippen molar-refractivity contribution in [3.05, 3.63) is 57.3 Å². The molecule has 0 amide bonds. The Balaban J connectivity index is 1.97. The van der Waals surface area contributed by atoms with Gasteiger partial charge in [0.15, 0.2) is 5.76 Å². The molecule has 0 aromatic heterocycles. The topological polar surface area (TPSA) is 61.8 Å². The Morgan fingerprint density at radius 3 is 2.70 bits per heavy atom. The second-order valence-corrected chi connectivity index (χ2v) is 7.55. The third kappa shape index (κ3) is 4.01. The third-order valence-corrected chi connectivity index (χ3v) is 4.64. The van der Waals surface area contributed by atoms with E-state index in [2.05, 4.69) is 15.9 Å². The average molecular weight is 452 g/mol. The van der Waals surface area contributed by atoms with Gasteiger partial charge in [-0.15, -0.1) is 11.6 Å². The second-order valence-electron chi connectivity index (χ2n) is 5.98. The first-order chi connectivity index (χ1) is 12.8. The molecular weight excluding hydrogens is 436 g/mol. The fraction of sp³-hybridized carbons (Fsp3) is 0.200. The fourth-order valence-corrected chi connectivity index (χ4v) is 3.12. The summed E-state index contributed by atoms with van der Waals surface area (Å²) in [5.41, 5.74) is 1.78. The number of ether oxygens (including phenoxy) is 3. The second kappa shape index (κ2) is 7.74. The molecule has 0 N–H and O–H groups in total. The molecule has 0 spiro atoms. The molecule has 1 atom stereocenters. The Labute approximate surface area is 170 Å². The van der Waals surface area contributed by atoms with Crippen molar-refractivity contribution in [2.75, 3.05) is 7.11 Å². The number of hydrogen-bond acceptors (Lipinski definition) is 5. The lowest BCUT2D eigenvalue weighted by atomic mass is 10.0. The molecule has 140 valence electrons. The monoisotopic (exact) mass is 450 g/mol. The number of aryl methyl sites for hydroxylation is 1. The number of carbonyl (C=O) groups is 2. The Hall–Kier alpha value is -2.31. The fourth-order valence-electron chi connectivity index (χ4n) is 2.69. The number of allylic oxidation sites excluding steroid dienone is 1. The Kier molecular flexibility index (Phi) is 5.58. The maximum atomic E-state index is 12.8. The summed E-state index contributed by atoms with van der Waals surface area (Å²) >= 11 is 9.13. The van der Waals surface area contributed by atoms with E-state index in [0.717, 1.165) is 4.47 Å². The van der Waals surface area contributed by atoms with Gasteiger partial charge in [-0.2, -0.15) is 0 Å². The van der Waals surface area contributed by atoms with Crippen LogP contribution >= 0.6 is 27.5 Å². The van der Waals surface area contributed by atoms with Crippen LogP contribution in [0.1, 0.15) is 28.4 Å². The van der Waals surface area contributed by atoms with Gasteiger partial charge in [-0.05, 0) is 49.8 Å². The van der Waals surface area contributed by atoms with E-state index < -0.39 is 11.3 Å². The Morgan fingerprint density at radius 2 is 2.04 bits per heavy atom. The minimum atomic E-state index is -0.777. The van der Waals surface area contributed by atoms with E-state index in [9.17, 15) is 9.59 Å². The number of benzene rings is 2. The van der Waals surface area contributed by atoms with Crippen LogP contribution < -0.4 is 14.2 Å². The van der Waals surface area contributed by atoms with Crippen LogP contribution in [0.4, 0.5) is 0 Å². The SMILES string of the molecule is COc1ccc(Br)cc1/C=C1\Oc2cc(OC(=O)C(C)Cl)cc(C)c2C1=O. The predicted molar refractivity (Wildman–Crippen MR) is 106 cm³/mol. The quantitative estimate of drug-likeness (QED) is 0.286. The highest BCUT2D eigenvalue weighted by molar-refractivity contribution is 9.10. The van der Waals surface area contributed by atoms with Gasteiger partial charge in [0.25, 0.3) is 0 Å². The largest absolute Gasteiger partial charge is 0.496 e. The highest BCUT2D eigenvalue weighted by Gasteiger charge is 2.30. The molecule has 0 fully saturated rings. The summed E-state index contributed by atoms with van der Waals surface area (Å²) in [6.45, 7) is 3.28. The number of ketones is 1. The van der Waals surface area contributed by atoms with Gasteiger partial charge in [0, 0.05) is 16.1 Å². The number of fused-ring (bicyclic) bond motifs is 1. The van der Waals surface area contributed by atoms with Gasteiger partial charge in [-0.1, -0.05) is 15.9 Å². The number of halogens is 2. The smallest absolute Gasteiger partial charge is 0.329 e. The number of Topliss-reactive ketones (excluding diaryl/α,β-unsaturated/α-hetero) is 1. The van der Waals surface area contributed by atoms with Crippen LogP contribution in [0.2, 0.25) is 0 Å². The predicted octanol–water partition coefficient (Wildman–Crippen LogP) is 4.92. The Morgan fingerprint density at radius 1 is 1.30 bits per heavy atom. The van der Waals surface area contributed by atoms with Crippen LogP contribution in [-0.4, -0.2) is 24.2 Å². The molecule has 1 unspecified atom stereocenters. The van der Waals surface area contributed by atoms with Gasteiger partial charge >= 0.3 is 5.97 Å². The van der Waals surface area contributed by atoms with Crippen molar-refractivity contribution < 1.29 is 23.8 Å². The minimum absolute atomic E-state index is 0.165. The summed E-state index contributed by atoms with van der Waals surface area (Å²) in [5, 5.41) is -0.777. The summed E-state index contributed by atoms with van der Waals surface area (Å²) in [5.74, 6) is 0.574. The molecule has 27 heavy (non-hydrogen) atoms. The molecule has 2 aromatic rings.